The summed E-state index contributed by atoms with van der Waals surface area (Å²) in [7, 11) is 0. The minimum atomic E-state index is -4.46. The molecule has 2 aromatic rings. The van der Waals surface area contributed by atoms with Crippen LogP contribution in [0.3, 0.4) is 0 Å². The van der Waals surface area contributed by atoms with E-state index >= 15 is 0 Å². The van der Waals surface area contributed by atoms with Crippen LogP contribution in [0.2, 0.25) is 0 Å². The Labute approximate surface area is 192 Å². The molecular weight excluding hydrogens is 458 g/mol. The van der Waals surface area contributed by atoms with E-state index < -0.39 is 35.3 Å². The van der Waals surface area contributed by atoms with Crippen LogP contribution in [0.4, 0.5) is 26.3 Å². The molecule has 0 aromatic heterocycles. The van der Waals surface area contributed by atoms with E-state index in [4.69, 9.17) is 21.0 Å². The molecule has 10 heteroatoms. The average Bonchev–Trinajstić information content (AvgIpc) is 2.78. The lowest BCUT2D eigenvalue weighted by Gasteiger charge is -2.17. The zero-order valence-electron chi connectivity index (χ0n) is 17.7. The predicted octanol–water partition coefficient (Wildman–Crippen LogP) is 7.23. The molecule has 0 amide bonds. The van der Waals surface area contributed by atoms with Gasteiger partial charge in [0.15, 0.2) is 0 Å². The second kappa shape index (κ2) is 12.9. The van der Waals surface area contributed by atoms with Crippen molar-refractivity contribution in [3.05, 3.63) is 70.8 Å². The first-order valence-corrected chi connectivity index (χ1v) is 9.80. The van der Waals surface area contributed by atoms with E-state index in [0.29, 0.717) is 5.56 Å². The second-order valence-electron chi connectivity index (χ2n) is 7.05. The van der Waals surface area contributed by atoms with Gasteiger partial charge in [0.2, 0.25) is 0 Å². The van der Waals surface area contributed by atoms with Gasteiger partial charge in [-0.05, 0) is 23.3 Å². The first-order chi connectivity index (χ1) is 16.0. The molecule has 0 aliphatic rings. The van der Waals surface area contributed by atoms with Crippen LogP contribution < -0.4 is 0 Å². The van der Waals surface area contributed by atoms with E-state index in [-0.39, 0.29) is 31.2 Å². The number of nitriles is 4. The number of rotatable bonds is 6. The molecule has 0 heterocycles. The molecule has 0 bridgehead atoms. The van der Waals surface area contributed by atoms with Crippen LogP contribution in [0.1, 0.15) is 59.8 Å². The van der Waals surface area contributed by atoms with Crippen molar-refractivity contribution in [3.8, 4) is 24.3 Å². The molecule has 0 unspecified atom stereocenters. The fourth-order valence-electron chi connectivity index (χ4n) is 3.12. The Morgan fingerprint density at radius 2 is 1.12 bits per heavy atom. The third-order valence-corrected chi connectivity index (χ3v) is 4.74. The van der Waals surface area contributed by atoms with Crippen molar-refractivity contribution >= 4 is 0 Å². The standard InChI is InChI=1S/2C12H9F3N2/c13-12(14,15)11-3-1-2-10(8-11)9(4-6-16)5-7-17;13-12(14,15)11-4-2-1-3-10(11)9(5-7-16)6-8-17/h1-3,8-9H,4-5H2;1-4,9H,5-6H2. The van der Waals surface area contributed by atoms with Crippen molar-refractivity contribution < 1.29 is 26.3 Å². The van der Waals surface area contributed by atoms with Gasteiger partial charge in [0, 0.05) is 37.5 Å². The molecule has 2 rings (SSSR count). The third kappa shape index (κ3) is 8.49. The Hall–Kier alpha value is -4.02. The van der Waals surface area contributed by atoms with Crippen molar-refractivity contribution in [2.24, 2.45) is 0 Å². The quantitative estimate of drug-likeness (QED) is 0.411. The number of hydrogen-bond acceptors (Lipinski definition) is 4. The highest BCUT2D eigenvalue weighted by atomic mass is 19.4. The summed E-state index contributed by atoms with van der Waals surface area (Å²) in [6.45, 7) is 0. The Morgan fingerprint density at radius 3 is 1.59 bits per heavy atom. The zero-order chi connectivity index (χ0) is 25.8. The second-order valence-corrected chi connectivity index (χ2v) is 7.05. The summed E-state index contributed by atoms with van der Waals surface area (Å²) in [6, 6.07) is 17.2. The molecule has 34 heavy (non-hydrogen) atoms. The van der Waals surface area contributed by atoms with Crippen LogP contribution in [0, 0.1) is 45.3 Å². The largest absolute Gasteiger partial charge is 0.416 e. The van der Waals surface area contributed by atoms with Gasteiger partial charge in [-0.25, -0.2) is 0 Å². The Bertz CT molecular complexity index is 1080. The molecule has 176 valence electrons. The van der Waals surface area contributed by atoms with E-state index in [9.17, 15) is 26.3 Å². The van der Waals surface area contributed by atoms with Crippen molar-refractivity contribution in [1.29, 1.82) is 21.0 Å². The van der Waals surface area contributed by atoms with E-state index in [2.05, 4.69) is 0 Å². The van der Waals surface area contributed by atoms with Gasteiger partial charge in [-0.3, -0.25) is 0 Å². The van der Waals surface area contributed by atoms with E-state index in [0.717, 1.165) is 18.2 Å². The van der Waals surface area contributed by atoms with Crippen molar-refractivity contribution in [2.75, 3.05) is 0 Å². The summed E-state index contributed by atoms with van der Waals surface area (Å²) in [5.74, 6) is -1.16. The molecule has 4 nitrogen and oxygen atoms in total. The van der Waals surface area contributed by atoms with Gasteiger partial charge < -0.3 is 0 Å². The fraction of sp³-hybridized carbons (Fsp3) is 0.333. The van der Waals surface area contributed by atoms with Crippen LogP contribution in [-0.2, 0) is 12.4 Å². The number of alkyl halides is 6. The van der Waals surface area contributed by atoms with Gasteiger partial charge in [0.1, 0.15) is 0 Å². The lowest BCUT2D eigenvalue weighted by atomic mass is 9.89. The molecule has 0 spiro atoms. The number of halogens is 6. The van der Waals surface area contributed by atoms with Crippen LogP contribution in [-0.4, -0.2) is 0 Å². The molecule has 2 aromatic carbocycles. The fourth-order valence-corrected chi connectivity index (χ4v) is 3.12. The molecule has 0 aliphatic heterocycles. The lowest BCUT2D eigenvalue weighted by molar-refractivity contribution is -0.138. The average molecular weight is 476 g/mol. The normalized spacial score (nSPS) is 10.9. The summed E-state index contributed by atoms with van der Waals surface area (Å²) in [4.78, 5) is 0. The van der Waals surface area contributed by atoms with Crippen LogP contribution >= 0.6 is 0 Å². The van der Waals surface area contributed by atoms with Crippen molar-refractivity contribution in [1.82, 2.24) is 0 Å². The van der Waals surface area contributed by atoms with Crippen LogP contribution in [0.15, 0.2) is 48.5 Å². The molecule has 0 radical (unpaired) electrons. The van der Waals surface area contributed by atoms with Gasteiger partial charge in [-0.15, -0.1) is 0 Å². The summed E-state index contributed by atoms with van der Waals surface area (Å²) >= 11 is 0. The SMILES string of the molecule is N#CCC(CC#N)c1cccc(C(F)(F)F)c1.N#CCC(CC#N)c1ccccc1C(F)(F)F. The maximum atomic E-state index is 12.7. The molecule has 0 aliphatic carbocycles. The van der Waals surface area contributed by atoms with Gasteiger partial charge in [-0.2, -0.15) is 47.4 Å². The summed E-state index contributed by atoms with van der Waals surface area (Å²) in [6.07, 6.45) is -8.98. The van der Waals surface area contributed by atoms with Crippen LogP contribution in [0.5, 0.6) is 0 Å². The van der Waals surface area contributed by atoms with Gasteiger partial charge in [0.25, 0.3) is 0 Å². The first kappa shape index (κ1) is 28.0. The number of hydrogen-bond donors (Lipinski definition) is 0. The highest BCUT2D eigenvalue weighted by Crippen LogP contribution is 2.37. The van der Waals surface area contributed by atoms with Gasteiger partial charge in [0.05, 0.1) is 35.4 Å². The van der Waals surface area contributed by atoms with Crippen molar-refractivity contribution in [2.45, 2.75) is 49.9 Å². The summed E-state index contributed by atoms with van der Waals surface area (Å²) < 4.78 is 75.6. The van der Waals surface area contributed by atoms with Crippen molar-refractivity contribution in [3.63, 3.8) is 0 Å². The van der Waals surface area contributed by atoms with Gasteiger partial charge >= 0.3 is 12.4 Å². The maximum absolute atomic E-state index is 12.7. The monoisotopic (exact) mass is 476 g/mol. The Morgan fingerprint density at radius 1 is 0.618 bits per heavy atom. The minimum absolute atomic E-state index is 0.0168. The molecule has 0 N–H and O–H groups in total. The summed E-state index contributed by atoms with van der Waals surface area (Å²) in [5, 5.41) is 34.3. The first-order valence-electron chi connectivity index (χ1n) is 9.80. The topological polar surface area (TPSA) is 95.2 Å². The van der Waals surface area contributed by atoms with E-state index in [1.54, 1.807) is 0 Å². The van der Waals surface area contributed by atoms with Gasteiger partial charge in [-0.1, -0.05) is 36.4 Å². The van der Waals surface area contributed by atoms with E-state index in [1.807, 2.05) is 24.3 Å². The number of nitrogens with zero attached hydrogens (tertiary/aromatic N) is 4. The third-order valence-electron chi connectivity index (χ3n) is 4.74. The smallest absolute Gasteiger partial charge is 0.198 e. The predicted molar refractivity (Wildman–Crippen MR) is 109 cm³/mol. The minimum Gasteiger partial charge on any atom is -0.198 e. The Kier molecular flexibility index (Phi) is 10.6. The van der Waals surface area contributed by atoms with E-state index in [1.165, 1.54) is 30.3 Å². The molecule has 0 atom stereocenters. The van der Waals surface area contributed by atoms with Crippen LogP contribution in [0.25, 0.3) is 0 Å². The zero-order valence-corrected chi connectivity index (χ0v) is 17.7. The summed E-state index contributed by atoms with van der Waals surface area (Å²) in [5.41, 5.74) is -1.13. The number of benzene rings is 2. The molecule has 0 saturated heterocycles. The Balaban J connectivity index is 0.000000340. The highest BCUT2D eigenvalue weighted by Gasteiger charge is 2.34. The highest BCUT2D eigenvalue weighted by molar-refractivity contribution is 5.34. The molecule has 0 fully saturated rings. The molecular formula is C24H18F6N4. The maximum Gasteiger partial charge on any atom is 0.416 e. The lowest BCUT2D eigenvalue weighted by Crippen LogP contribution is -2.11. The molecule has 0 saturated carbocycles.